The Morgan fingerprint density at radius 3 is 2.37 bits per heavy atom. The molecule has 0 aliphatic heterocycles. The van der Waals surface area contributed by atoms with Crippen LogP contribution < -0.4 is 9.92 Å². The summed E-state index contributed by atoms with van der Waals surface area (Å²) in [7, 11) is 0.189. The van der Waals surface area contributed by atoms with Crippen LogP contribution in [-0.4, -0.2) is 15.2 Å². The largest absolute Gasteiger partial charge is 0.497 e. The fourth-order valence-corrected chi connectivity index (χ4v) is 3.87. The van der Waals surface area contributed by atoms with E-state index < -0.39 is 8.07 Å². The summed E-state index contributed by atoms with van der Waals surface area (Å²) in [5.74, 6) is 0.904. The minimum atomic E-state index is -1.51. The molecule has 0 aliphatic carbocycles. The Morgan fingerprint density at radius 1 is 0.947 bits per heavy atom. The third-order valence-electron chi connectivity index (χ3n) is 3.30. The Morgan fingerprint density at radius 2 is 1.68 bits per heavy atom. The van der Waals surface area contributed by atoms with Crippen molar-refractivity contribution in [2.75, 3.05) is 7.11 Å². The molecule has 0 aliphatic rings. The average molecular weight is 268 g/mol. The highest BCUT2D eigenvalue weighted by Gasteiger charge is 2.18. The molecule has 1 nitrogen and oxygen atoms in total. The highest BCUT2D eigenvalue weighted by molar-refractivity contribution is 6.94. The summed E-state index contributed by atoms with van der Waals surface area (Å²) in [5.41, 5.74) is 3.56. The van der Waals surface area contributed by atoms with Gasteiger partial charge in [-0.3, -0.25) is 0 Å². The molecule has 2 heteroatoms. The van der Waals surface area contributed by atoms with Crippen LogP contribution in [0.25, 0.3) is 6.08 Å². The maximum Gasteiger partial charge on any atom is 0.119 e. The van der Waals surface area contributed by atoms with Crippen molar-refractivity contribution in [3.63, 3.8) is 0 Å². The molecule has 0 bridgehead atoms. The van der Waals surface area contributed by atoms with Gasteiger partial charge in [-0.1, -0.05) is 72.5 Å². The molecule has 19 heavy (non-hydrogen) atoms. The number of hydrogen-bond donors (Lipinski definition) is 0. The summed E-state index contributed by atoms with van der Waals surface area (Å²) in [6.07, 6.45) is 2.21. The molecule has 0 fully saturated rings. The summed E-state index contributed by atoms with van der Waals surface area (Å²) >= 11 is 0. The van der Waals surface area contributed by atoms with Crippen LogP contribution in [-0.2, 0) is 0 Å². The second-order valence-corrected chi connectivity index (χ2v) is 9.55. The van der Waals surface area contributed by atoms with E-state index >= 15 is 0 Å². The molecule has 2 rings (SSSR count). The molecule has 0 saturated heterocycles. The van der Waals surface area contributed by atoms with Gasteiger partial charge in [0.25, 0.3) is 0 Å². The number of hydrogen-bond acceptors (Lipinski definition) is 1. The van der Waals surface area contributed by atoms with E-state index in [0.717, 1.165) is 5.75 Å². The zero-order valence-corrected chi connectivity index (χ0v) is 12.8. The van der Waals surface area contributed by atoms with Crippen molar-refractivity contribution in [2.24, 2.45) is 0 Å². The van der Waals surface area contributed by atoms with Crippen LogP contribution in [0.3, 0.4) is 0 Å². The van der Waals surface area contributed by atoms with Crippen molar-refractivity contribution in [1.29, 1.82) is 0 Å². The Balaban J connectivity index is 2.21. The molecule has 0 unspecified atom stereocenters. The Labute approximate surface area is 116 Å². The SMILES string of the molecule is COc1cccc(/C=C/[Si](C)(C)c2ccccc2)c1. The van der Waals surface area contributed by atoms with E-state index in [0.29, 0.717) is 0 Å². The second-order valence-electron chi connectivity index (χ2n) is 5.20. The third-order valence-corrected chi connectivity index (χ3v) is 6.13. The number of ether oxygens (including phenoxy) is 1. The third kappa shape index (κ3) is 3.58. The standard InChI is InChI=1S/C17H20OSi/c1-18-16-9-7-8-15(14-16)12-13-19(2,3)17-10-5-4-6-11-17/h4-14H,1-3H3/b13-12+. The first-order valence-corrected chi connectivity index (χ1v) is 9.58. The van der Waals surface area contributed by atoms with Gasteiger partial charge in [0.05, 0.1) is 7.11 Å². The van der Waals surface area contributed by atoms with Crippen LogP contribution in [0.2, 0.25) is 13.1 Å². The summed E-state index contributed by atoms with van der Waals surface area (Å²) < 4.78 is 5.25. The van der Waals surface area contributed by atoms with Crippen molar-refractivity contribution < 1.29 is 4.74 Å². The van der Waals surface area contributed by atoms with Gasteiger partial charge in [0.15, 0.2) is 0 Å². The van der Waals surface area contributed by atoms with Crippen LogP contribution in [0.4, 0.5) is 0 Å². The van der Waals surface area contributed by atoms with Crippen molar-refractivity contribution in [3.8, 4) is 5.75 Å². The lowest BCUT2D eigenvalue weighted by Gasteiger charge is -2.18. The van der Waals surface area contributed by atoms with Gasteiger partial charge >= 0.3 is 0 Å². The average Bonchev–Trinajstić information content (AvgIpc) is 2.46. The summed E-state index contributed by atoms with van der Waals surface area (Å²) in [4.78, 5) is 0. The van der Waals surface area contributed by atoms with Crippen molar-refractivity contribution in [1.82, 2.24) is 0 Å². The van der Waals surface area contributed by atoms with E-state index in [1.54, 1.807) is 7.11 Å². The first-order chi connectivity index (χ1) is 9.12. The van der Waals surface area contributed by atoms with Gasteiger partial charge in [-0.2, -0.15) is 0 Å². The molecule has 98 valence electrons. The molecule has 0 saturated carbocycles. The lowest BCUT2D eigenvalue weighted by Crippen LogP contribution is -2.39. The monoisotopic (exact) mass is 268 g/mol. The Bertz CT molecular complexity index is 558. The maximum absolute atomic E-state index is 5.25. The van der Waals surface area contributed by atoms with Crippen LogP contribution in [0.1, 0.15) is 5.56 Å². The quantitative estimate of drug-likeness (QED) is 0.765. The number of benzene rings is 2. The first kappa shape index (κ1) is 13.6. The van der Waals surface area contributed by atoms with E-state index in [9.17, 15) is 0 Å². The molecule has 0 radical (unpaired) electrons. The summed E-state index contributed by atoms with van der Waals surface area (Å²) in [5, 5.41) is 1.45. The fraction of sp³-hybridized carbons (Fsp3) is 0.176. The summed E-state index contributed by atoms with van der Waals surface area (Å²) in [6.45, 7) is 4.72. The van der Waals surface area contributed by atoms with Gasteiger partial charge in [-0.05, 0) is 17.7 Å². The molecule has 2 aromatic carbocycles. The van der Waals surface area contributed by atoms with Crippen LogP contribution in [0.15, 0.2) is 60.3 Å². The fourth-order valence-electron chi connectivity index (χ4n) is 2.01. The van der Waals surface area contributed by atoms with Crippen LogP contribution in [0.5, 0.6) is 5.75 Å². The van der Waals surface area contributed by atoms with Crippen molar-refractivity contribution in [3.05, 3.63) is 65.9 Å². The molecule has 0 spiro atoms. The predicted molar refractivity (Wildman–Crippen MR) is 85.6 cm³/mol. The number of methoxy groups -OCH3 is 1. The normalized spacial score (nSPS) is 11.7. The Hall–Kier alpha value is -1.80. The molecular weight excluding hydrogens is 248 g/mol. The van der Waals surface area contributed by atoms with E-state index in [-0.39, 0.29) is 0 Å². The highest BCUT2D eigenvalue weighted by atomic mass is 28.3. The van der Waals surface area contributed by atoms with E-state index in [1.165, 1.54) is 10.8 Å². The van der Waals surface area contributed by atoms with Crippen molar-refractivity contribution in [2.45, 2.75) is 13.1 Å². The first-order valence-electron chi connectivity index (χ1n) is 6.51. The van der Waals surface area contributed by atoms with Crippen LogP contribution >= 0.6 is 0 Å². The van der Waals surface area contributed by atoms with Gasteiger partial charge in [-0.25, -0.2) is 0 Å². The van der Waals surface area contributed by atoms with Gasteiger partial charge in [0, 0.05) is 0 Å². The van der Waals surface area contributed by atoms with Crippen LogP contribution in [0, 0.1) is 0 Å². The number of rotatable bonds is 4. The molecule has 0 heterocycles. The van der Waals surface area contributed by atoms with Crippen molar-refractivity contribution >= 4 is 19.3 Å². The molecular formula is C17H20OSi. The minimum absolute atomic E-state index is 0.904. The second kappa shape index (κ2) is 5.89. The minimum Gasteiger partial charge on any atom is -0.497 e. The lowest BCUT2D eigenvalue weighted by atomic mass is 10.2. The smallest absolute Gasteiger partial charge is 0.119 e. The molecule has 0 amide bonds. The zero-order valence-electron chi connectivity index (χ0n) is 11.8. The molecule has 2 aromatic rings. The lowest BCUT2D eigenvalue weighted by molar-refractivity contribution is 0.414. The topological polar surface area (TPSA) is 9.23 Å². The molecule has 0 atom stereocenters. The maximum atomic E-state index is 5.25. The van der Waals surface area contributed by atoms with E-state index in [2.05, 4.69) is 67.3 Å². The molecule has 0 N–H and O–H groups in total. The zero-order chi connectivity index (χ0) is 13.7. The predicted octanol–water partition coefficient (Wildman–Crippen LogP) is 3.86. The Kier molecular flexibility index (Phi) is 4.22. The van der Waals surface area contributed by atoms with E-state index in [4.69, 9.17) is 4.74 Å². The van der Waals surface area contributed by atoms with Gasteiger partial charge < -0.3 is 4.74 Å². The highest BCUT2D eigenvalue weighted by Crippen LogP contribution is 2.15. The van der Waals surface area contributed by atoms with Gasteiger partial charge in [0.2, 0.25) is 0 Å². The molecule has 0 aromatic heterocycles. The summed E-state index contributed by atoms with van der Waals surface area (Å²) in [6, 6.07) is 18.9. The van der Waals surface area contributed by atoms with Gasteiger partial charge in [-0.15, -0.1) is 0 Å². The van der Waals surface area contributed by atoms with E-state index in [1.807, 2.05) is 12.1 Å². The van der Waals surface area contributed by atoms with Gasteiger partial charge in [0.1, 0.15) is 13.8 Å².